The van der Waals surface area contributed by atoms with Crippen LogP contribution in [0, 0.1) is 11.3 Å². The molecule has 2 N–H and O–H groups in total. The SMILES string of the molecule is CC(CCCCNC(=O)OCc1ccccc1)NC(=O)[C@H](CCC(=O)OC(C)(C)C)CC(=O)OCCC(C)(C)C. The molecule has 0 saturated heterocycles. The van der Waals surface area contributed by atoms with Gasteiger partial charge in [0.1, 0.15) is 12.2 Å². The average molecular weight is 563 g/mol. The maximum absolute atomic E-state index is 13.0. The maximum Gasteiger partial charge on any atom is 0.407 e. The van der Waals surface area contributed by atoms with Crippen LogP contribution >= 0.6 is 0 Å². The number of esters is 2. The average Bonchev–Trinajstić information content (AvgIpc) is 2.83. The lowest BCUT2D eigenvalue weighted by Gasteiger charge is -2.22. The molecule has 1 aromatic carbocycles. The summed E-state index contributed by atoms with van der Waals surface area (Å²) < 4.78 is 15.9. The molecule has 0 bridgehead atoms. The van der Waals surface area contributed by atoms with Crippen LogP contribution in [0.5, 0.6) is 0 Å². The maximum atomic E-state index is 13.0. The smallest absolute Gasteiger partial charge is 0.407 e. The van der Waals surface area contributed by atoms with Crippen molar-refractivity contribution in [2.75, 3.05) is 13.2 Å². The number of nitrogens with one attached hydrogen (secondary N) is 2. The van der Waals surface area contributed by atoms with Gasteiger partial charge in [-0.15, -0.1) is 0 Å². The van der Waals surface area contributed by atoms with Crippen LogP contribution < -0.4 is 10.6 Å². The number of hydrogen-bond donors (Lipinski definition) is 2. The Morgan fingerprint density at radius 1 is 0.875 bits per heavy atom. The molecule has 0 radical (unpaired) electrons. The Labute approximate surface area is 240 Å². The van der Waals surface area contributed by atoms with Crippen LogP contribution in [-0.2, 0) is 35.2 Å². The molecule has 0 heterocycles. The van der Waals surface area contributed by atoms with Crippen molar-refractivity contribution in [2.24, 2.45) is 11.3 Å². The molecule has 0 aliphatic heterocycles. The van der Waals surface area contributed by atoms with E-state index in [4.69, 9.17) is 14.2 Å². The normalized spacial score (nSPS) is 13.1. The van der Waals surface area contributed by atoms with E-state index < -0.39 is 29.6 Å². The first-order chi connectivity index (χ1) is 18.6. The van der Waals surface area contributed by atoms with Crippen molar-refractivity contribution in [1.29, 1.82) is 0 Å². The van der Waals surface area contributed by atoms with E-state index in [1.54, 1.807) is 20.8 Å². The van der Waals surface area contributed by atoms with Gasteiger partial charge < -0.3 is 24.8 Å². The minimum absolute atomic E-state index is 0.0290. The summed E-state index contributed by atoms with van der Waals surface area (Å²) >= 11 is 0. The zero-order chi connectivity index (χ0) is 30.2. The topological polar surface area (TPSA) is 120 Å². The fraction of sp³-hybridized carbons (Fsp3) is 0.677. The third-order valence-electron chi connectivity index (χ3n) is 5.95. The number of rotatable bonds is 16. The number of benzene rings is 1. The molecule has 2 amide bonds. The molecular formula is C31H50N2O7. The lowest BCUT2D eigenvalue weighted by molar-refractivity contribution is -0.156. The van der Waals surface area contributed by atoms with E-state index in [0.717, 1.165) is 18.4 Å². The highest BCUT2D eigenvalue weighted by atomic mass is 16.6. The van der Waals surface area contributed by atoms with E-state index in [2.05, 4.69) is 31.4 Å². The first-order valence-electron chi connectivity index (χ1n) is 14.3. The molecule has 1 aromatic rings. The van der Waals surface area contributed by atoms with Crippen LogP contribution in [0.1, 0.15) is 99.0 Å². The van der Waals surface area contributed by atoms with Crippen LogP contribution in [0.15, 0.2) is 30.3 Å². The third-order valence-corrected chi connectivity index (χ3v) is 5.95. The second-order valence-electron chi connectivity index (χ2n) is 12.5. The Bertz CT molecular complexity index is 920. The number of amides is 2. The lowest BCUT2D eigenvalue weighted by Crippen LogP contribution is -2.38. The van der Waals surface area contributed by atoms with Crippen LogP contribution in [0.4, 0.5) is 4.79 Å². The number of alkyl carbamates (subject to hydrolysis) is 1. The fourth-order valence-corrected chi connectivity index (χ4v) is 3.71. The molecule has 226 valence electrons. The Hall–Kier alpha value is -3.10. The summed E-state index contributed by atoms with van der Waals surface area (Å²) in [6.07, 6.45) is 2.57. The van der Waals surface area contributed by atoms with Gasteiger partial charge in [-0.1, -0.05) is 51.1 Å². The van der Waals surface area contributed by atoms with Gasteiger partial charge in [0.15, 0.2) is 0 Å². The highest BCUT2D eigenvalue weighted by molar-refractivity contribution is 5.84. The number of carbonyl (C=O) groups excluding carboxylic acids is 4. The summed E-state index contributed by atoms with van der Waals surface area (Å²) in [6, 6.07) is 9.32. The fourth-order valence-electron chi connectivity index (χ4n) is 3.71. The van der Waals surface area contributed by atoms with E-state index in [1.807, 2.05) is 37.3 Å². The van der Waals surface area contributed by atoms with Crippen molar-refractivity contribution in [3.63, 3.8) is 0 Å². The molecule has 0 spiro atoms. The number of carbonyl (C=O) groups is 4. The largest absolute Gasteiger partial charge is 0.466 e. The second-order valence-corrected chi connectivity index (χ2v) is 12.5. The van der Waals surface area contributed by atoms with Crippen LogP contribution in [0.3, 0.4) is 0 Å². The predicted octanol–water partition coefficient (Wildman–Crippen LogP) is 5.70. The van der Waals surface area contributed by atoms with E-state index in [0.29, 0.717) is 19.4 Å². The lowest BCUT2D eigenvalue weighted by atomic mass is 9.93. The van der Waals surface area contributed by atoms with E-state index in [9.17, 15) is 19.2 Å². The van der Waals surface area contributed by atoms with Gasteiger partial charge in [0.25, 0.3) is 0 Å². The summed E-state index contributed by atoms with van der Waals surface area (Å²) in [5.74, 6) is -1.84. The van der Waals surface area contributed by atoms with Crippen molar-refractivity contribution in [1.82, 2.24) is 10.6 Å². The summed E-state index contributed by atoms with van der Waals surface area (Å²) in [6.45, 7) is 14.4. The van der Waals surface area contributed by atoms with Crippen LogP contribution in [0.2, 0.25) is 0 Å². The van der Waals surface area contributed by atoms with Gasteiger partial charge in [-0.05, 0) is 70.8 Å². The zero-order valence-electron chi connectivity index (χ0n) is 25.5. The van der Waals surface area contributed by atoms with Gasteiger partial charge in [0.05, 0.1) is 13.0 Å². The van der Waals surface area contributed by atoms with E-state index >= 15 is 0 Å². The van der Waals surface area contributed by atoms with Crippen molar-refractivity contribution < 1.29 is 33.4 Å². The van der Waals surface area contributed by atoms with Gasteiger partial charge in [-0.25, -0.2) is 4.79 Å². The van der Waals surface area contributed by atoms with Crippen molar-refractivity contribution in [2.45, 2.75) is 112 Å². The third kappa shape index (κ3) is 18.2. The van der Waals surface area contributed by atoms with E-state index in [1.165, 1.54) is 0 Å². The quantitative estimate of drug-likeness (QED) is 0.151. The molecule has 0 saturated carbocycles. The molecule has 9 heteroatoms. The highest BCUT2D eigenvalue weighted by Crippen LogP contribution is 2.20. The minimum Gasteiger partial charge on any atom is -0.466 e. The number of hydrogen-bond acceptors (Lipinski definition) is 7. The Morgan fingerprint density at radius 2 is 1.55 bits per heavy atom. The molecule has 1 unspecified atom stereocenters. The van der Waals surface area contributed by atoms with Crippen LogP contribution in [0.25, 0.3) is 0 Å². The highest BCUT2D eigenvalue weighted by Gasteiger charge is 2.26. The van der Waals surface area contributed by atoms with Gasteiger partial charge in [0, 0.05) is 24.9 Å². The van der Waals surface area contributed by atoms with Crippen LogP contribution in [-0.4, -0.2) is 48.7 Å². The van der Waals surface area contributed by atoms with Crippen molar-refractivity contribution >= 4 is 23.9 Å². The molecular weight excluding hydrogens is 512 g/mol. The Balaban J connectivity index is 2.46. The monoisotopic (exact) mass is 562 g/mol. The van der Waals surface area contributed by atoms with Crippen molar-refractivity contribution in [3.8, 4) is 0 Å². The first kappa shape index (κ1) is 34.9. The molecule has 0 fully saturated rings. The number of ether oxygens (including phenoxy) is 3. The predicted molar refractivity (Wildman–Crippen MR) is 154 cm³/mol. The zero-order valence-corrected chi connectivity index (χ0v) is 25.5. The summed E-state index contributed by atoms with van der Waals surface area (Å²) in [5.41, 5.74) is 0.328. The Kier molecular flexibility index (Phi) is 15.3. The van der Waals surface area contributed by atoms with Gasteiger partial charge >= 0.3 is 18.0 Å². The summed E-state index contributed by atoms with van der Waals surface area (Å²) in [5, 5.41) is 5.70. The Morgan fingerprint density at radius 3 is 2.17 bits per heavy atom. The van der Waals surface area contributed by atoms with E-state index in [-0.39, 0.29) is 49.8 Å². The number of unbranched alkanes of at least 4 members (excludes halogenated alkanes) is 1. The standard InChI is InChI=1S/C31H50N2O7/c1-23(13-11-12-19-32-29(37)39-22-24-14-9-8-10-15-24)33-28(36)25(16-17-26(34)40-31(5,6)7)21-27(35)38-20-18-30(2,3)4/h8-10,14-15,23,25H,11-13,16-22H2,1-7H3,(H,32,37)(H,33,36)/t23?,25-/m1/s1. The van der Waals surface area contributed by atoms with Crippen molar-refractivity contribution in [3.05, 3.63) is 35.9 Å². The van der Waals surface area contributed by atoms with Gasteiger partial charge in [0.2, 0.25) is 5.91 Å². The molecule has 0 aliphatic carbocycles. The molecule has 9 nitrogen and oxygen atoms in total. The first-order valence-corrected chi connectivity index (χ1v) is 14.3. The molecule has 2 atom stereocenters. The molecule has 0 aliphatic rings. The second kappa shape index (κ2) is 17.6. The molecule has 40 heavy (non-hydrogen) atoms. The minimum atomic E-state index is -0.696. The molecule has 1 rings (SSSR count). The summed E-state index contributed by atoms with van der Waals surface area (Å²) in [4.78, 5) is 49.6. The van der Waals surface area contributed by atoms with Gasteiger partial charge in [-0.3, -0.25) is 14.4 Å². The summed E-state index contributed by atoms with van der Waals surface area (Å²) in [7, 11) is 0. The molecule has 0 aromatic heterocycles. The van der Waals surface area contributed by atoms with Gasteiger partial charge in [-0.2, -0.15) is 0 Å².